The second-order valence-electron chi connectivity index (χ2n) is 5.39. The highest BCUT2D eigenvalue weighted by Crippen LogP contribution is 2.28. The van der Waals surface area contributed by atoms with Gasteiger partial charge < -0.3 is 24.4 Å². The Morgan fingerprint density at radius 2 is 2.17 bits per heavy atom. The SMILES string of the molecule is CC(C)OC(=O)OC[C@H]1O[C@@H](n2ccc(NO)nc2=O)[C@H](O)[C@@H]1O. The maximum atomic E-state index is 11.9. The van der Waals surface area contributed by atoms with Crippen molar-refractivity contribution in [1.29, 1.82) is 0 Å². The minimum atomic E-state index is -1.44. The number of carbonyl (C=O) groups is 1. The van der Waals surface area contributed by atoms with E-state index in [9.17, 15) is 19.8 Å². The Bertz CT molecular complexity index is 634. The third-order valence-electron chi connectivity index (χ3n) is 3.25. The number of aliphatic hydroxyl groups excluding tert-OH is 2. The van der Waals surface area contributed by atoms with Crippen LogP contribution in [0.1, 0.15) is 20.1 Å². The third kappa shape index (κ3) is 4.00. The minimum absolute atomic E-state index is 0.0828. The topological polar surface area (TPSA) is 152 Å². The van der Waals surface area contributed by atoms with E-state index in [1.165, 1.54) is 12.3 Å². The van der Waals surface area contributed by atoms with Crippen LogP contribution < -0.4 is 11.2 Å². The molecule has 0 amide bonds. The molecule has 4 N–H and O–H groups in total. The zero-order valence-electron chi connectivity index (χ0n) is 13.0. The van der Waals surface area contributed by atoms with Gasteiger partial charge in [-0.1, -0.05) is 0 Å². The van der Waals surface area contributed by atoms with Crippen molar-refractivity contribution in [2.24, 2.45) is 0 Å². The van der Waals surface area contributed by atoms with Crippen LogP contribution in [-0.2, 0) is 14.2 Å². The summed E-state index contributed by atoms with van der Waals surface area (Å²) in [6.45, 7) is 2.93. The number of nitrogens with zero attached hydrogens (tertiary/aromatic N) is 2. The molecule has 11 nitrogen and oxygen atoms in total. The van der Waals surface area contributed by atoms with E-state index in [2.05, 4.69) is 4.98 Å². The van der Waals surface area contributed by atoms with E-state index < -0.39 is 36.4 Å². The van der Waals surface area contributed by atoms with Crippen molar-refractivity contribution < 1.29 is 34.4 Å². The lowest BCUT2D eigenvalue weighted by Gasteiger charge is -2.17. The molecule has 1 aromatic rings. The van der Waals surface area contributed by atoms with E-state index in [-0.39, 0.29) is 18.5 Å². The van der Waals surface area contributed by atoms with Gasteiger partial charge in [-0.3, -0.25) is 15.3 Å². The number of ether oxygens (including phenoxy) is 3. The molecule has 1 aliphatic heterocycles. The first-order valence-electron chi connectivity index (χ1n) is 7.17. The first-order chi connectivity index (χ1) is 11.3. The highest BCUT2D eigenvalue weighted by atomic mass is 16.7. The van der Waals surface area contributed by atoms with Gasteiger partial charge in [-0.25, -0.2) is 9.59 Å². The number of aromatic nitrogens is 2. The Hall–Kier alpha value is -2.21. The Labute approximate surface area is 136 Å². The summed E-state index contributed by atoms with van der Waals surface area (Å²) in [5.41, 5.74) is 0.900. The average Bonchev–Trinajstić information content (AvgIpc) is 2.80. The van der Waals surface area contributed by atoms with E-state index in [4.69, 9.17) is 19.4 Å². The van der Waals surface area contributed by atoms with Gasteiger partial charge in [0.1, 0.15) is 24.9 Å². The fourth-order valence-electron chi connectivity index (χ4n) is 2.14. The molecule has 2 heterocycles. The van der Waals surface area contributed by atoms with Crippen molar-refractivity contribution in [1.82, 2.24) is 9.55 Å². The first-order valence-corrected chi connectivity index (χ1v) is 7.17. The molecule has 1 fully saturated rings. The molecule has 1 saturated heterocycles. The summed E-state index contributed by atoms with van der Waals surface area (Å²) in [6.07, 6.45) is -5.17. The molecule has 0 aliphatic carbocycles. The van der Waals surface area contributed by atoms with Gasteiger partial charge in [0.15, 0.2) is 12.0 Å². The van der Waals surface area contributed by atoms with Crippen molar-refractivity contribution in [2.45, 2.75) is 44.5 Å². The van der Waals surface area contributed by atoms with Gasteiger partial charge in [-0.2, -0.15) is 4.98 Å². The number of aliphatic hydroxyl groups is 2. The van der Waals surface area contributed by atoms with Crippen LogP contribution in [0, 0.1) is 0 Å². The fourth-order valence-corrected chi connectivity index (χ4v) is 2.14. The summed E-state index contributed by atoms with van der Waals surface area (Å²) in [5.74, 6) is -0.0828. The van der Waals surface area contributed by atoms with Crippen molar-refractivity contribution in [3.63, 3.8) is 0 Å². The molecule has 1 aromatic heterocycles. The number of hydrogen-bond donors (Lipinski definition) is 4. The monoisotopic (exact) mass is 345 g/mol. The van der Waals surface area contributed by atoms with Crippen LogP contribution in [0.25, 0.3) is 0 Å². The Morgan fingerprint density at radius 3 is 2.75 bits per heavy atom. The van der Waals surface area contributed by atoms with Gasteiger partial charge >= 0.3 is 11.8 Å². The van der Waals surface area contributed by atoms with Crippen molar-refractivity contribution in [3.8, 4) is 0 Å². The average molecular weight is 345 g/mol. The standard InChI is InChI=1S/C13H19N3O8/c1-6(2)23-13(20)22-5-7-9(17)10(18)11(24-7)16-4-3-8(15-21)14-12(16)19/h3-4,6-7,9-11,17-18,21H,5H2,1-2H3,(H,14,15,19)/t7-,9-,10-,11-/m1/s1. The lowest BCUT2D eigenvalue weighted by molar-refractivity contribution is -0.0663. The summed E-state index contributed by atoms with van der Waals surface area (Å²) in [6, 6.07) is 1.27. The van der Waals surface area contributed by atoms with E-state index in [1.54, 1.807) is 19.3 Å². The largest absolute Gasteiger partial charge is 0.508 e. The predicted octanol–water partition coefficient (Wildman–Crippen LogP) is -0.775. The second kappa shape index (κ2) is 7.57. The van der Waals surface area contributed by atoms with Crippen LogP contribution in [0.15, 0.2) is 17.1 Å². The number of hydrogen-bond acceptors (Lipinski definition) is 10. The van der Waals surface area contributed by atoms with Gasteiger partial charge in [0, 0.05) is 6.20 Å². The minimum Gasteiger partial charge on any atom is -0.432 e. The van der Waals surface area contributed by atoms with E-state index in [0.717, 1.165) is 4.57 Å². The molecule has 1 aliphatic rings. The molecule has 0 aromatic carbocycles. The fraction of sp³-hybridized carbons (Fsp3) is 0.615. The Morgan fingerprint density at radius 1 is 1.46 bits per heavy atom. The molecule has 0 spiro atoms. The molecule has 2 rings (SSSR count). The van der Waals surface area contributed by atoms with Crippen LogP contribution in [-0.4, -0.2) is 62.1 Å². The van der Waals surface area contributed by atoms with Crippen molar-refractivity contribution >= 4 is 12.0 Å². The number of nitrogens with one attached hydrogen (secondary N) is 1. The lowest BCUT2D eigenvalue weighted by atomic mass is 10.1. The Balaban J connectivity index is 2.04. The number of carbonyl (C=O) groups excluding carboxylic acids is 1. The molecule has 11 heteroatoms. The van der Waals surface area contributed by atoms with E-state index in [0.29, 0.717) is 0 Å². The van der Waals surface area contributed by atoms with Crippen LogP contribution in [0.3, 0.4) is 0 Å². The zero-order chi connectivity index (χ0) is 17.9. The summed E-state index contributed by atoms with van der Waals surface area (Å²) in [4.78, 5) is 26.7. The van der Waals surface area contributed by atoms with E-state index in [1.807, 2.05) is 0 Å². The van der Waals surface area contributed by atoms with Crippen molar-refractivity contribution in [3.05, 3.63) is 22.7 Å². The maximum Gasteiger partial charge on any atom is 0.508 e. The molecular formula is C13H19N3O8. The van der Waals surface area contributed by atoms with Crippen LogP contribution in [0.4, 0.5) is 10.6 Å². The van der Waals surface area contributed by atoms with E-state index >= 15 is 0 Å². The number of rotatable bonds is 5. The molecule has 0 saturated carbocycles. The highest BCUT2D eigenvalue weighted by molar-refractivity contribution is 5.60. The first kappa shape index (κ1) is 18.1. The van der Waals surface area contributed by atoms with Crippen LogP contribution in [0.2, 0.25) is 0 Å². The summed E-state index contributed by atoms with van der Waals surface area (Å²) < 4.78 is 15.9. The Kier molecular flexibility index (Phi) is 5.72. The molecule has 134 valence electrons. The molecule has 0 radical (unpaired) electrons. The molecular weight excluding hydrogens is 326 g/mol. The van der Waals surface area contributed by atoms with Crippen LogP contribution in [0.5, 0.6) is 0 Å². The predicted molar refractivity (Wildman–Crippen MR) is 77.4 cm³/mol. The maximum absolute atomic E-state index is 11.9. The smallest absolute Gasteiger partial charge is 0.432 e. The van der Waals surface area contributed by atoms with Crippen LogP contribution >= 0.6 is 0 Å². The molecule has 0 bridgehead atoms. The highest BCUT2D eigenvalue weighted by Gasteiger charge is 2.44. The van der Waals surface area contributed by atoms with Gasteiger partial charge in [0.25, 0.3) is 0 Å². The normalized spacial score (nSPS) is 26.4. The number of anilines is 1. The molecule has 0 unspecified atom stereocenters. The zero-order valence-corrected chi connectivity index (χ0v) is 13.0. The lowest BCUT2D eigenvalue weighted by Crippen LogP contribution is -2.36. The summed E-state index contributed by atoms with van der Waals surface area (Å²) in [7, 11) is 0. The van der Waals surface area contributed by atoms with Gasteiger partial charge in [-0.05, 0) is 19.9 Å². The second-order valence-corrected chi connectivity index (χ2v) is 5.39. The third-order valence-corrected chi connectivity index (χ3v) is 3.25. The summed E-state index contributed by atoms with van der Waals surface area (Å²) in [5, 5.41) is 28.7. The molecule has 24 heavy (non-hydrogen) atoms. The molecule has 4 atom stereocenters. The van der Waals surface area contributed by atoms with Crippen molar-refractivity contribution in [2.75, 3.05) is 12.1 Å². The summed E-state index contributed by atoms with van der Waals surface area (Å²) >= 11 is 0. The van der Waals surface area contributed by atoms with Gasteiger partial charge in [0.05, 0.1) is 6.10 Å². The van der Waals surface area contributed by atoms with Gasteiger partial charge in [-0.15, -0.1) is 0 Å². The quantitative estimate of drug-likeness (QED) is 0.395. The van der Waals surface area contributed by atoms with Gasteiger partial charge in [0.2, 0.25) is 0 Å².